The van der Waals surface area contributed by atoms with Crippen LogP contribution >= 0.6 is 24.0 Å². The molecule has 0 spiro atoms. The summed E-state index contributed by atoms with van der Waals surface area (Å²) in [6, 6.07) is 23.7. The van der Waals surface area contributed by atoms with Gasteiger partial charge >= 0.3 is 10.1 Å². The third-order valence-corrected chi connectivity index (χ3v) is 6.80. The largest absolute Gasteiger partial charge is 0.378 e. The number of hydrogen-bond donors (Lipinski definition) is 0. The van der Waals surface area contributed by atoms with Gasteiger partial charge in [0.1, 0.15) is 10.6 Å². The number of hydrogen-bond acceptors (Lipinski definition) is 6. The van der Waals surface area contributed by atoms with E-state index in [-0.39, 0.29) is 16.6 Å². The van der Waals surface area contributed by atoms with E-state index in [1.807, 2.05) is 18.2 Å². The number of carbonyl (C=O) groups excluding carboxylic acids is 1. The second-order valence-corrected chi connectivity index (χ2v) is 9.46. The molecule has 0 radical (unpaired) electrons. The van der Waals surface area contributed by atoms with Gasteiger partial charge in [0.2, 0.25) is 0 Å². The molecule has 8 heteroatoms. The molecule has 0 aliphatic carbocycles. The fourth-order valence-electron chi connectivity index (χ4n) is 2.84. The highest BCUT2D eigenvalue weighted by molar-refractivity contribution is 8.27. The molecular formula is C22H15NO4S3. The summed E-state index contributed by atoms with van der Waals surface area (Å²) in [5.74, 6) is -0.136. The van der Waals surface area contributed by atoms with Crippen molar-refractivity contribution >= 4 is 56.1 Å². The fraction of sp³-hybridized carbons (Fsp3) is 0. The van der Waals surface area contributed by atoms with Crippen molar-refractivity contribution in [1.82, 2.24) is 0 Å². The third kappa shape index (κ3) is 4.16. The van der Waals surface area contributed by atoms with E-state index in [0.717, 1.165) is 11.8 Å². The van der Waals surface area contributed by atoms with Crippen LogP contribution < -0.4 is 9.08 Å². The molecule has 1 aliphatic heterocycles. The minimum absolute atomic E-state index is 0.0511. The number of nitrogens with zero attached hydrogens (tertiary/aromatic N) is 1. The highest BCUT2D eigenvalue weighted by Crippen LogP contribution is 2.37. The van der Waals surface area contributed by atoms with Crippen LogP contribution in [0, 0.1) is 0 Å². The second-order valence-electron chi connectivity index (χ2n) is 6.24. The molecule has 150 valence electrons. The van der Waals surface area contributed by atoms with E-state index in [9.17, 15) is 13.2 Å². The lowest BCUT2D eigenvalue weighted by atomic mass is 10.2. The molecule has 1 amide bonds. The van der Waals surface area contributed by atoms with Crippen molar-refractivity contribution in [3.05, 3.63) is 95.4 Å². The van der Waals surface area contributed by atoms with Gasteiger partial charge in [0.25, 0.3) is 5.91 Å². The van der Waals surface area contributed by atoms with Crippen LogP contribution in [-0.2, 0) is 14.9 Å². The van der Waals surface area contributed by atoms with Gasteiger partial charge in [0.05, 0.1) is 10.6 Å². The zero-order valence-corrected chi connectivity index (χ0v) is 17.9. The van der Waals surface area contributed by atoms with E-state index in [1.165, 1.54) is 17.0 Å². The van der Waals surface area contributed by atoms with E-state index in [2.05, 4.69) is 0 Å². The molecule has 4 rings (SSSR count). The van der Waals surface area contributed by atoms with Crippen molar-refractivity contribution in [2.24, 2.45) is 0 Å². The SMILES string of the molecule is O=C1/C(=C/c2ccccc2OS(=O)(=O)c2ccccc2)SC(=S)N1c1ccccc1. The van der Waals surface area contributed by atoms with Gasteiger partial charge in [-0.05, 0) is 36.4 Å². The van der Waals surface area contributed by atoms with E-state index in [4.69, 9.17) is 16.4 Å². The normalized spacial score (nSPS) is 15.6. The molecule has 0 bridgehead atoms. The van der Waals surface area contributed by atoms with E-state index in [1.54, 1.807) is 60.7 Å². The molecule has 3 aromatic carbocycles. The van der Waals surface area contributed by atoms with Crippen molar-refractivity contribution in [3.63, 3.8) is 0 Å². The van der Waals surface area contributed by atoms with Crippen LogP contribution in [0.15, 0.2) is 94.7 Å². The molecule has 0 unspecified atom stereocenters. The van der Waals surface area contributed by atoms with Gasteiger partial charge < -0.3 is 4.18 Å². The number of thiocarbonyl (C=S) groups is 1. The second kappa shape index (κ2) is 8.43. The Labute approximate surface area is 184 Å². The maximum atomic E-state index is 12.9. The summed E-state index contributed by atoms with van der Waals surface area (Å²) < 4.78 is 31.0. The lowest BCUT2D eigenvalue weighted by Crippen LogP contribution is -2.27. The average molecular weight is 454 g/mol. The Bertz CT molecular complexity index is 1240. The van der Waals surface area contributed by atoms with Gasteiger partial charge in [0, 0.05) is 5.56 Å². The molecule has 1 fully saturated rings. The maximum absolute atomic E-state index is 12.9. The number of amides is 1. The minimum Gasteiger partial charge on any atom is -0.378 e. The number of thioether (sulfide) groups is 1. The summed E-state index contributed by atoms with van der Waals surface area (Å²) in [5.41, 5.74) is 1.14. The first-order valence-corrected chi connectivity index (χ1v) is 11.5. The molecule has 0 aromatic heterocycles. The zero-order chi connectivity index (χ0) is 21.1. The summed E-state index contributed by atoms with van der Waals surface area (Å²) in [4.78, 5) is 14.8. The monoisotopic (exact) mass is 453 g/mol. The molecule has 0 atom stereocenters. The van der Waals surface area contributed by atoms with Gasteiger partial charge in [-0.1, -0.05) is 78.6 Å². The summed E-state index contributed by atoms with van der Waals surface area (Å²) in [6.45, 7) is 0. The highest BCUT2D eigenvalue weighted by atomic mass is 32.2. The van der Waals surface area contributed by atoms with Crippen LogP contribution in [-0.4, -0.2) is 18.6 Å². The molecule has 0 saturated carbocycles. The number of benzene rings is 3. The van der Waals surface area contributed by atoms with Gasteiger partial charge in [-0.25, -0.2) is 0 Å². The third-order valence-electron chi connectivity index (χ3n) is 4.25. The lowest BCUT2D eigenvalue weighted by Gasteiger charge is -2.14. The summed E-state index contributed by atoms with van der Waals surface area (Å²) in [6.07, 6.45) is 1.60. The first kappa shape index (κ1) is 20.3. The summed E-state index contributed by atoms with van der Waals surface area (Å²) in [5, 5.41) is 0. The van der Waals surface area contributed by atoms with Gasteiger partial charge in [-0.15, -0.1) is 0 Å². The number of carbonyl (C=O) groups is 1. The Morgan fingerprint density at radius 3 is 2.17 bits per heavy atom. The molecule has 1 aliphatic rings. The summed E-state index contributed by atoms with van der Waals surface area (Å²) in [7, 11) is -4.00. The van der Waals surface area contributed by atoms with Crippen LogP contribution in [0.3, 0.4) is 0 Å². The standard InChI is InChI=1S/C22H15NO4S3/c24-21-20(29-22(28)23(21)17-10-3-1-4-11-17)15-16-9-7-8-14-19(16)27-30(25,26)18-12-5-2-6-13-18/h1-15H/b20-15-. The topological polar surface area (TPSA) is 63.7 Å². The Balaban J connectivity index is 1.66. The molecule has 3 aromatic rings. The number of para-hydroxylation sites is 2. The van der Waals surface area contributed by atoms with Crippen LogP contribution in [0.1, 0.15) is 5.56 Å². The molecule has 5 nitrogen and oxygen atoms in total. The first-order valence-electron chi connectivity index (χ1n) is 8.87. The van der Waals surface area contributed by atoms with Crippen LogP contribution in [0.4, 0.5) is 5.69 Å². The fourth-order valence-corrected chi connectivity index (χ4v) is 5.10. The van der Waals surface area contributed by atoms with E-state index < -0.39 is 10.1 Å². The predicted molar refractivity (Wildman–Crippen MR) is 123 cm³/mol. The van der Waals surface area contributed by atoms with Gasteiger partial charge in [-0.2, -0.15) is 8.42 Å². The van der Waals surface area contributed by atoms with Crippen molar-refractivity contribution in [2.45, 2.75) is 4.90 Å². The van der Waals surface area contributed by atoms with Crippen LogP contribution in [0.2, 0.25) is 0 Å². The van der Waals surface area contributed by atoms with Crippen molar-refractivity contribution in [2.75, 3.05) is 4.90 Å². The Morgan fingerprint density at radius 2 is 1.47 bits per heavy atom. The highest BCUT2D eigenvalue weighted by Gasteiger charge is 2.33. The summed E-state index contributed by atoms with van der Waals surface area (Å²) >= 11 is 6.54. The lowest BCUT2D eigenvalue weighted by molar-refractivity contribution is -0.113. The molecule has 30 heavy (non-hydrogen) atoms. The molecule has 1 heterocycles. The van der Waals surface area contributed by atoms with Gasteiger partial charge in [-0.3, -0.25) is 9.69 Å². The predicted octanol–water partition coefficient (Wildman–Crippen LogP) is 4.86. The van der Waals surface area contributed by atoms with Crippen molar-refractivity contribution in [1.29, 1.82) is 0 Å². The Kier molecular flexibility index (Phi) is 5.72. The Hall–Kier alpha value is -2.94. The zero-order valence-electron chi connectivity index (χ0n) is 15.5. The Morgan fingerprint density at radius 1 is 0.867 bits per heavy atom. The van der Waals surface area contributed by atoms with Crippen LogP contribution in [0.5, 0.6) is 5.75 Å². The maximum Gasteiger partial charge on any atom is 0.339 e. The first-order chi connectivity index (χ1) is 14.5. The van der Waals surface area contributed by atoms with Crippen LogP contribution in [0.25, 0.3) is 6.08 Å². The molecule has 1 saturated heterocycles. The van der Waals surface area contributed by atoms with Gasteiger partial charge in [0.15, 0.2) is 4.32 Å². The molecule has 0 N–H and O–H groups in total. The number of anilines is 1. The van der Waals surface area contributed by atoms with E-state index >= 15 is 0 Å². The molecular weight excluding hydrogens is 438 g/mol. The number of rotatable bonds is 5. The quantitative estimate of drug-likeness (QED) is 0.312. The average Bonchev–Trinajstić information content (AvgIpc) is 3.03. The van der Waals surface area contributed by atoms with Crippen molar-refractivity contribution < 1.29 is 17.4 Å². The smallest absolute Gasteiger partial charge is 0.339 e. The van der Waals surface area contributed by atoms with E-state index in [0.29, 0.717) is 20.5 Å². The van der Waals surface area contributed by atoms with Crippen molar-refractivity contribution in [3.8, 4) is 5.75 Å². The minimum atomic E-state index is -4.00.